The Morgan fingerprint density at radius 2 is 2.29 bits per heavy atom. The highest BCUT2D eigenvalue weighted by Crippen LogP contribution is 1.92. The minimum atomic E-state index is 0.456. The minimum Gasteiger partial charge on any atom is -0.316 e. The standard InChI is InChI=1S/C3H4N3S/c1-2-4-3(7)6-5-2/h1H3,(H,4,5,6). The largest absolute Gasteiger partial charge is 0.316 e. The van der Waals surface area contributed by atoms with E-state index in [9.17, 15) is 0 Å². The number of aryl methyl sites for hydroxylation is 1. The highest BCUT2D eigenvalue weighted by atomic mass is 32.1. The summed E-state index contributed by atoms with van der Waals surface area (Å²) in [5.41, 5.74) is 0. The van der Waals surface area contributed by atoms with Crippen LogP contribution in [-0.4, -0.2) is 15.2 Å². The van der Waals surface area contributed by atoms with Crippen LogP contribution in [0, 0.1) is 6.92 Å². The quantitative estimate of drug-likeness (QED) is 0.538. The Bertz CT molecular complexity index is 142. The van der Waals surface area contributed by atoms with Crippen molar-refractivity contribution in [1.29, 1.82) is 0 Å². The number of aromatic nitrogens is 3. The van der Waals surface area contributed by atoms with Crippen LogP contribution >= 0.6 is 12.6 Å². The van der Waals surface area contributed by atoms with Crippen molar-refractivity contribution in [3.8, 4) is 0 Å². The lowest BCUT2D eigenvalue weighted by Gasteiger charge is -1.69. The van der Waals surface area contributed by atoms with Crippen molar-refractivity contribution < 1.29 is 0 Å². The molecule has 1 rings (SSSR count). The third-order valence-electron chi connectivity index (χ3n) is 0.579. The Kier molecular flexibility index (Phi) is 0.941. The van der Waals surface area contributed by atoms with Gasteiger partial charge < -0.3 is 4.98 Å². The predicted molar refractivity (Wildman–Crippen MR) is 27.0 cm³/mol. The first-order chi connectivity index (χ1) is 3.29. The third kappa shape index (κ3) is 0.866. The topological polar surface area (TPSA) is 41.6 Å². The van der Waals surface area contributed by atoms with Gasteiger partial charge in [0.2, 0.25) is 5.16 Å². The van der Waals surface area contributed by atoms with E-state index in [0.29, 0.717) is 5.16 Å². The summed E-state index contributed by atoms with van der Waals surface area (Å²) in [4.78, 5) is 2.73. The second-order valence-electron chi connectivity index (χ2n) is 1.22. The summed E-state index contributed by atoms with van der Waals surface area (Å²) in [5, 5.41) is 7.59. The third-order valence-corrected chi connectivity index (χ3v) is 0.762. The molecule has 0 unspecified atom stereocenters. The smallest absolute Gasteiger partial charge is 0.219 e. The number of aromatic amines is 1. The van der Waals surface area contributed by atoms with E-state index in [1.807, 2.05) is 6.92 Å². The lowest BCUT2D eigenvalue weighted by Crippen LogP contribution is -1.69. The molecule has 1 radical (unpaired) electrons. The Morgan fingerprint density at radius 3 is 2.43 bits per heavy atom. The Labute approximate surface area is 46.6 Å². The van der Waals surface area contributed by atoms with Crippen molar-refractivity contribution in [2.75, 3.05) is 0 Å². The van der Waals surface area contributed by atoms with Gasteiger partial charge >= 0.3 is 0 Å². The molecular formula is C3H4N3S. The van der Waals surface area contributed by atoms with E-state index in [-0.39, 0.29) is 0 Å². The summed E-state index contributed by atoms with van der Waals surface area (Å²) in [6.45, 7) is 1.81. The van der Waals surface area contributed by atoms with Gasteiger partial charge in [-0.05, 0) is 19.6 Å². The number of nitrogens with one attached hydrogen (secondary N) is 1. The van der Waals surface area contributed by atoms with Gasteiger partial charge in [-0.15, -0.1) is 10.2 Å². The lowest BCUT2D eigenvalue weighted by atomic mass is 10.8. The van der Waals surface area contributed by atoms with Crippen molar-refractivity contribution >= 4 is 12.6 Å². The molecule has 0 saturated heterocycles. The monoisotopic (exact) mass is 114 g/mol. The van der Waals surface area contributed by atoms with E-state index in [2.05, 4.69) is 27.8 Å². The molecule has 0 fully saturated rings. The molecule has 0 spiro atoms. The van der Waals surface area contributed by atoms with Gasteiger partial charge in [0.25, 0.3) is 0 Å². The van der Waals surface area contributed by atoms with Gasteiger partial charge in [0.15, 0.2) is 0 Å². The van der Waals surface area contributed by atoms with E-state index < -0.39 is 0 Å². The molecule has 3 nitrogen and oxygen atoms in total. The number of H-pyrrole nitrogens is 1. The van der Waals surface area contributed by atoms with Crippen molar-refractivity contribution in [2.45, 2.75) is 12.1 Å². The average Bonchev–Trinajstić information content (AvgIpc) is 1.87. The second kappa shape index (κ2) is 1.46. The van der Waals surface area contributed by atoms with E-state index in [1.165, 1.54) is 0 Å². The van der Waals surface area contributed by atoms with Crippen LogP contribution in [0.5, 0.6) is 0 Å². The molecule has 0 atom stereocenters. The van der Waals surface area contributed by atoms with Gasteiger partial charge in [-0.3, -0.25) is 0 Å². The van der Waals surface area contributed by atoms with Gasteiger partial charge in [-0.25, -0.2) is 0 Å². The molecule has 1 aromatic heterocycles. The van der Waals surface area contributed by atoms with Crippen molar-refractivity contribution in [3.05, 3.63) is 5.82 Å². The fourth-order valence-corrected chi connectivity index (χ4v) is 0.514. The molecule has 0 aliphatic heterocycles. The molecular weight excluding hydrogens is 110 g/mol. The number of hydrogen-bond donors (Lipinski definition) is 1. The molecule has 1 N–H and O–H groups in total. The molecule has 0 bridgehead atoms. The summed E-state index contributed by atoms with van der Waals surface area (Å²) in [7, 11) is 0. The van der Waals surface area contributed by atoms with Gasteiger partial charge in [0.1, 0.15) is 5.82 Å². The zero-order valence-electron chi connectivity index (χ0n) is 3.80. The van der Waals surface area contributed by atoms with Crippen LogP contribution in [0.1, 0.15) is 5.82 Å². The Morgan fingerprint density at radius 1 is 1.57 bits per heavy atom. The highest BCUT2D eigenvalue weighted by molar-refractivity contribution is 7.80. The van der Waals surface area contributed by atoms with Gasteiger partial charge in [-0.2, -0.15) is 0 Å². The molecule has 4 heteroatoms. The summed E-state index contributed by atoms with van der Waals surface area (Å²) < 4.78 is 0. The predicted octanol–water partition coefficient (Wildman–Crippen LogP) is 0.670. The zero-order chi connectivity index (χ0) is 5.28. The van der Waals surface area contributed by atoms with Crippen LogP contribution in [0.3, 0.4) is 0 Å². The van der Waals surface area contributed by atoms with Crippen LogP contribution < -0.4 is 0 Å². The molecule has 0 aromatic carbocycles. The first kappa shape index (κ1) is 4.52. The molecule has 0 aliphatic rings. The SMILES string of the molecule is Cc1nnc([S])[nH]1. The van der Waals surface area contributed by atoms with Crippen molar-refractivity contribution in [1.82, 2.24) is 15.2 Å². The van der Waals surface area contributed by atoms with Gasteiger partial charge in [0.05, 0.1) is 0 Å². The normalized spacial score (nSPS) is 9.29. The minimum absolute atomic E-state index is 0.456. The first-order valence-electron chi connectivity index (χ1n) is 1.85. The highest BCUT2D eigenvalue weighted by Gasteiger charge is 1.88. The maximum absolute atomic E-state index is 4.60. The van der Waals surface area contributed by atoms with Crippen LogP contribution in [0.4, 0.5) is 0 Å². The maximum atomic E-state index is 4.60. The van der Waals surface area contributed by atoms with Crippen LogP contribution in [0.2, 0.25) is 0 Å². The molecule has 0 saturated carbocycles. The van der Waals surface area contributed by atoms with Crippen molar-refractivity contribution in [3.63, 3.8) is 0 Å². The Hall–Kier alpha value is -0.640. The fraction of sp³-hybridized carbons (Fsp3) is 0.333. The summed E-state index contributed by atoms with van der Waals surface area (Å²) in [6.07, 6.45) is 0. The lowest BCUT2D eigenvalue weighted by molar-refractivity contribution is 0.975. The van der Waals surface area contributed by atoms with E-state index in [4.69, 9.17) is 0 Å². The maximum Gasteiger partial charge on any atom is 0.219 e. The van der Waals surface area contributed by atoms with Gasteiger partial charge in [-0.1, -0.05) is 0 Å². The van der Waals surface area contributed by atoms with Crippen LogP contribution in [0.15, 0.2) is 5.16 Å². The van der Waals surface area contributed by atoms with E-state index in [1.54, 1.807) is 0 Å². The molecule has 1 heterocycles. The fourth-order valence-electron chi connectivity index (χ4n) is 0.325. The number of nitrogens with zero attached hydrogens (tertiary/aromatic N) is 2. The molecule has 1 aromatic rings. The molecule has 37 valence electrons. The first-order valence-corrected chi connectivity index (χ1v) is 2.26. The number of hydrogen-bond acceptors (Lipinski definition) is 2. The van der Waals surface area contributed by atoms with E-state index >= 15 is 0 Å². The second-order valence-corrected chi connectivity index (χ2v) is 1.60. The Balaban J connectivity index is 3.04. The van der Waals surface area contributed by atoms with Crippen LogP contribution in [0.25, 0.3) is 0 Å². The number of rotatable bonds is 0. The van der Waals surface area contributed by atoms with Crippen molar-refractivity contribution in [2.24, 2.45) is 0 Å². The summed E-state index contributed by atoms with van der Waals surface area (Å²) >= 11 is 4.60. The summed E-state index contributed by atoms with van der Waals surface area (Å²) in [6, 6.07) is 0. The average molecular weight is 114 g/mol. The van der Waals surface area contributed by atoms with E-state index in [0.717, 1.165) is 5.82 Å². The van der Waals surface area contributed by atoms with Crippen LogP contribution in [-0.2, 0) is 0 Å². The zero-order valence-corrected chi connectivity index (χ0v) is 4.62. The molecule has 0 amide bonds. The summed E-state index contributed by atoms with van der Waals surface area (Å²) in [5.74, 6) is 0.769. The van der Waals surface area contributed by atoms with Gasteiger partial charge in [0, 0.05) is 0 Å². The molecule has 7 heavy (non-hydrogen) atoms. The molecule has 0 aliphatic carbocycles.